The van der Waals surface area contributed by atoms with Gasteiger partial charge in [-0.05, 0) is 18.2 Å². The fraction of sp³-hybridized carbons (Fsp3) is 0.100. The summed E-state index contributed by atoms with van der Waals surface area (Å²) in [7, 11) is 0. The molecule has 0 amide bonds. The van der Waals surface area contributed by atoms with Crippen LogP contribution in [-0.4, -0.2) is 16.8 Å². The van der Waals surface area contributed by atoms with Crippen LogP contribution in [0.3, 0.4) is 0 Å². The molecule has 0 radical (unpaired) electrons. The summed E-state index contributed by atoms with van der Waals surface area (Å²) in [5, 5.41) is 6.77. The zero-order valence-corrected chi connectivity index (χ0v) is 8.71. The summed E-state index contributed by atoms with van der Waals surface area (Å²) in [4.78, 5) is 0. The predicted molar refractivity (Wildman–Crippen MR) is 55.7 cm³/mol. The van der Waals surface area contributed by atoms with Gasteiger partial charge in [-0.25, -0.2) is 0 Å². The minimum absolute atomic E-state index is 0.0702. The van der Waals surface area contributed by atoms with E-state index in [9.17, 15) is 8.78 Å². The van der Waals surface area contributed by atoms with Crippen LogP contribution in [0.4, 0.5) is 8.78 Å². The number of halogens is 3. The number of H-pyrrole nitrogens is 1. The Morgan fingerprint density at radius 1 is 1.38 bits per heavy atom. The molecule has 1 aromatic carbocycles. The highest BCUT2D eigenvalue weighted by molar-refractivity contribution is 6.31. The van der Waals surface area contributed by atoms with E-state index < -0.39 is 6.61 Å². The Balaban J connectivity index is 2.45. The molecule has 0 bridgehead atoms. The zero-order valence-electron chi connectivity index (χ0n) is 7.95. The van der Waals surface area contributed by atoms with Crippen molar-refractivity contribution in [3.63, 3.8) is 0 Å². The lowest BCUT2D eigenvalue weighted by molar-refractivity contribution is -0.0494. The molecule has 0 saturated carbocycles. The summed E-state index contributed by atoms with van der Waals surface area (Å²) in [5.74, 6) is 0.0702. The third-order valence-electron chi connectivity index (χ3n) is 1.97. The van der Waals surface area contributed by atoms with Crippen molar-refractivity contribution >= 4 is 11.6 Å². The highest BCUT2D eigenvalue weighted by atomic mass is 35.5. The SMILES string of the molecule is FC(F)Oc1ccc(Cl)cc1-c1cn[nH]c1. The average molecular weight is 245 g/mol. The van der Waals surface area contributed by atoms with Crippen molar-refractivity contribution in [2.45, 2.75) is 6.61 Å². The summed E-state index contributed by atoms with van der Waals surface area (Å²) in [6.45, 7) is -2.87. The van der Waals surface area contributed by atoms with E-state index in [0.717, 1.165) is 0 Å². The van der Waals surface area contributed by atoms with Gasteiger partial charge in [-0.3, -0.25) is 5.10 Å². The van der Waals surface area contributed by atoms with Crippen LogP contribution < -0.4 is 4.74 Å². The summed E-state index contributed by atoms with van der Waals surface area (Å²) in [6.07, 6.45) is 3.08. The average Bonchev–Trinajstić information content (AvgIpc) is 2.73. The molecule has 1 N–H and O–H groups in total. The van der Waals surface area contributed by atoms with Gasteiger partial charge in [0.15, 0.2) is 0 Å². The number of benzene rings is 1. The van der Waals surface area contributed by atoms with Crippen LogP contribution in [-0.2, 0) is 0 Å². The van der Waals surface area contributed by atoms with Crippen molar-refractivity contribution in [3.05, 3.63) is 35.6 Å². The number of aromatic amines is 1. The molecule has 0 saturated heterocycles. The molecular weight excluding hydrogens is 238 g/mol. The van der Waals surface area contributed by atoms with E-state index in [-0.39, 0.29) is 5.75 Å². The van der Waals surface area contributed by atoms with E-state index in [4.69, 9.17) is 11.6 Å². The summed E-state index contributed by atoms with van der Waals surface area (Å²) >= 11 is 5.80. The highest BCUT2D eigenvalue weighted by Crippen LogP contribution is 2.32. The molecule has 3 nitrogen and oxygen atoms in total. The van der Waals surface area contributed by atoms with Crippen LogP contribution in [0.5, 0.6) is 5.75 Å². The lowest BCUT2D eigenvalue weighted by Crippen LogP contribution is -2.02. The van der Waals surface area contributed by atoms with E-state index in [1.807, 2.05) is 0 Å². The lowest BCUT2D eigenvalue weighted by atomic mass is 10.1. The Morgan fingerprint density at radius 2 is 2.19 bits per heavy atom. The van der Waals surface area contributed by atoms with Crippen LogP contribution in [0.1, 0.15) is 0 Å². The minimum atomic E-state index is -2.87. The molecule has 1 heterocycles. The molecule has 16 heavy (non-hydrogen) atoms. The second-order valence-corrected chi connectivity index (χ2v) is 3.44. The maximum absolute atomic E-state index is 12.2. The minimum Gasteiger partial charge on any atom is -0.434 e. The largest absolute Gasteiger partial charge is 0.434 e. The number of nitrogens with one attached hydrogen (secondary N) is 1. The van der Waals surface area contributed by atoms with Gasteiger partial charge in [-0.15, -0.1) is 0 Å². The molecule has 0 unspecified atom stereocenters. The van der Waals surface area contributed by atoms with Crippen molar-refractivity contribution < 1.29 is 13.5 Å². The highest BCUT2D eigenvalue weighted by Gasteiger charge is 2.12. The second-order valence-electron chi connectivity index (χ2n) is 3.01. The van der Waals surface area contributed by atoms with E-state index >= 15 is 0 Å². The summed E-state index contributed by atoms with van der Waals surface area (Å²) < 4.78 is 28.7. The predicted octanol–water partition coefficient (Wildman–Crippen LogP) is 3.33. The Bertz CT molecular complexity index is 474. The molecule has 2 aromatic rings. The third kappa shape index (κ3) is 2.30. The normalized spacial score (nSPS) is 10.8. The van der Waals surface area contributed by atoms with Crippen molar-refractivity contribution in [1.29, 1.82) is 0 Å². The Labute approximate surface area is 95.0 Å². The maximum Gasteiger partial charge on any atom is 0.387 e. The van der Waals surface area contributed by atoms with E-state index in [2.05, 4.69) is 14.9 Å². The lowest BCUT2D eigenvalue weighted by Gasteiger charge is -2.09. The fourth-order valence-corrected chi connectivity index (χ4v) is 1.50. The van der Waals surface area contributed by atoms with E-state index in [1.165, 1.54) is 18.3 Å². The standard InChI is InChI=1S/C10H7ClF2N2O/c11-7-1-2-9(16-10(12)13)8(3-7)6-4-14-15-5-6/h1-5,10H,(H,14,15). The van der Waals surface area contributed by atoms with Gasteiger partial charge < -0.3 is 4.74 Å². The van der Waals surface area contributed by atoms with E-state index in [1.54, 1.807) is 12.3 Å². The van der Waals surface area contributed by atoms with Gasteiger partial charge >= 0.3 is 6.61 Å². The Morgan fingerprint density at radius 3 is 2.81 bits per heavy atom. The number of rotatable bonds is 3. The number of ether oxygens (including phenoxy) is 1. The first-order valence-corrected chi connectivity index (χ1v) is 4.78. The summed E-state index contributed by atoms with van der Waals surface area (Å²) in [6, 6.07) is 4.43. The fourth-order valence-electron chi connectivity index (χ4n) is 1.32. The maximum atomic E-state index is 12.2. The van der Waals surface area contributed by atoms with Gasteiger partial charge in [0.05, 0.1) is 6.20 Å². The van der Waals surface area contributed by atoms with Gasteiger partial charge in [0.25, 0.3) is 0 Å². The number of alkyl halides is 2. The molecule has 0 spiro atoms. The van der Waals surface area contributed by atoms with Gasteiger partial charge in [0, 0.05) is 22.3 Å². The number of aromatic nitrogens is 2. The van der Waals surface area contributed by atoms with Crippen molar-refractivity contribution in [2.75, 3.05) is 0 Å². The van der Waals surface area contributed by atoms with Crippen molar-refractivity contribution in [3.8, 4) is 16.9 Å². The van der Waals surface area contributed by atoms with Crippen LogP contribution in [0.2, 0.25) is 5.02 Å². The third-order valence-corrected chi connectivity index (χ3v) is 2.20. The van der Waals surface area contributed by atoms with Crippen molar-refractivity contribution in [2.24, 2.45) is 0 Å². The molecular formula is C10H7ClF2N2O. The quantitative estimate of drug-likeness (QED) is 0.899. The number of hydrogen-bond acceptors (Lipinski definition) is 2. The number of nitrogens with zero attached hydrogens (tertiary/aromatic N) is 1. The molecule has 0 aliphatic heterocycles. The monoisotopic (exact) mass is 244 g/mol. The zero-order chi connectivity index (χ0) is 11.5. The first-order chi connectivity index (χ1) is 7.66. The molecule has 0 aliphatic carbocycles. The molecule has 1 aromatic heterocycles. The van der Waals surface area contributed by atoms with Crippen molar-refractivity contribution in [1.82, 2.24) is 10.2 Å². The molecule has 84 valence electrons. The van der Waals surface area contributed by atoms with Gasteiger partial charge in [0.2, 0.25) is 0 Å². The first kappa shape index (κ1) is 10.9. The van der Waals surface area contributed by atoms with Gasteiger partial charge in [-0.1, -0.05) is 11.6 Å². The molecule has 0 fully saturated rings. The molecule has 6 heteroatoms. The molecule has 0 aliphatic rings. The second kappa shape index (κ2) is 4.49. The Hall–Kier alpha value is -1.62. The first-order valence-electron chi connectivity index (χ1n) is 4.40. The smallest absolute Gasteiger partial charge is 0.387 e. The topological polar surface area (TPSA) is 37.9 Å². The van der Waals surface area contributed by atoms with Crippen LogP contribution >= 0.6 is 11.6 Å². The van der Waals surface area contributed by atoms with E-state index in [0.29, 0.717) is 16.1 Å². The molecule has 2 rings (SSSR count). The van der Waals surface area contributed by atoms with Crippen LogP contribution in [0.25, 0.3) is 11.1 Å². The van der Waals surface area contributed by atoms with Gasteiger partial charge in [-0.2, -0.15) is 13.9 Å². The number of hydrogen-bond donors (Lipinski definition) is 1. The van der Waals surface area contributed by atoms with Gasteiger partial charge in [0.1, 0.15) is 5.75 Å². The molecule has 0 atom stereocenters. The van der Waals surface area contributed by atoms with Crippen LogP contribution in [0, 0.1) is 0 Å². The van der Waals surface area contributed by atoms with Crippen LogP contribution in [0.15, 0.2) is 30.6 Å². The summed E-state index contributed by atoms with van der Waals surface area (Å²) in [5.41, 5.74) is 1.11. The Kier molecular flexibility index (Phi) is 3.05.